The molecular weight excluding hydrogens is 398 g/mol. The molecule has 0 saturated heterocycles. The zero-order chi connectivity index (χ0) is 21.7. The molecule has 0 bridgehead atoms. The topological polar surface area (TPSA) is 78.5 Å². The lowest BCUT2D eigenvalue weighted by atomic mass is 10.1. The van der Waals surface area contributed by atoms with E-state index >= 15 is 0 Å². The van der Waals surface area contributed by atoms with Gasteiger partial charge < -0.3 is 14.8 Å². The largest absolute Gasteiger partial charge is 0.491 e. The van der Waals surface area contributed by atoms with Crippen molar-refractivity contribution >= 4 is 21.6 Å². The minimum absolute atomic E-state index is 0.0892. The molecule has 0 spiro atoms. The summed E-state index contributed by atoms with van der Waals surface area (Å²) in [6.07, 6.45) is 0.356. The molecule has 2 N–H and O–H groups in total. The van der Waals surface area contributed by atoms with E-state index in [-0.39, 0.29) is 12.2 Å². The Hall–Kier alpha value is -2.22. The lowest BCUT2D eigenvalue weighted by Crippen LogP contribution is -2.37. The van der Waals surface area contributed by atoms with Crippen LogP contribution in [-0.4, -0.2) is 45.8 Å². The van der Waals surface area contributed by atoms with Gasteiger partial charge in [-0.2, -0.15) is 0 Å². The van der Waals surface area contributed by atoms with Crippen LogP contribution in [0.15, 0.2) is 35.1 Å². The first-order valence-electron chi connectivity index (χ1n) is 10.4. The number of ether oxygens (including phenoxy) is 1. The molecular formula is C23H31N3O3S. The van der Waals surface area contributed by atoms with Gasteiger partial charge in [-0.15, -0.1) is 11.3 Å². The van der Waals surface area contributed by atoms with Gasteiger partial charge >= 0.3 is 0 Å². The van der Waals surface area contributed by atoms with E-state index < -0.39 is 6.10 Å². The van der Waals surface area contributed by atoms with Gasteiger partial charge in [-0.3, -0.25) is 9.69 Å². The Morgan fingerprint density at radius 3 is 2.67 bits per heavy atom. The van der Waals surface area contributed by atoms with Crippen LogP contribution in [0.2, 0.25) is 0 Å². The summed E-state index contributed by atoms with van der Waals surface area (Å²) in [6.45, 7) is 10.3. The number of aromatic amines is 1. The highest BCUT2D eigenvalue weighted by Crippen LogP contribution is 2.25. The number of hydrogen-bond acceptors (Lipinski definition) is 6. The minimum atomic E-state index is -0.640. The third-order valence-corrected chi connectivity index (χ3v) is 6.24. The number of aliphatic hydroxyl groups excluding tert-OH is 1. The molecule has 0 aliphatic rings. The molecule has 30 heavy (non-hydrogen) atoms. The smallest absolute Gasteiger partial charge is 0.259 e. The Balaban J connectivity index is 1.70. The molecule has 0 aliphatic carbocycles. The van der Waals surface area contributed by atoms with Gasteiger partial charge in [-0.25, -0.2) is 4.98 Å². The van der Waals surface area contributed by atoms with Gasteiger partial charge in [0.2, 0.25) is 0 Å². The van der Waals surface area contributed by atoms with Gasteiger partial charge in [0, 0.05) is 11.4 Å². The number of fused-ring (bicyclic) bond motifs is 1. The lowest BCUT2D eigenvalue weighted by Gasteiger charge is -2.25. The zero-order valence-electron chi connectivity index (χ0n) is 18.1. The summed E-state index contributed by atoms with van der Waals surface area (Å²) in [4.78, 5) is 24.2. The number of nitrogens with zero attached hydrogens (tertiary/aromatic N) is 2. The average Bonchev–Trinajstić information content (AvgIpc) is 2.99. The molecule has 7 heteroatoms. The summed E-state index contributed by atoms with van der Waals surface area (Å²) in [7, 11) is 0. The van der Waals surface area contributed by atoms with E-state index in [1.54, 1.807) is 11.3 Å². The van der Waals surface area contributed by atoms with Crippen molar-refractivity contribution in [3.63, 3.8) is 0 Å². The maximum absolute atomic E-state index is 12.6. The van der Waals surface area contributed by atoms with Crippen molar-refractivity contribution in [3.8, 4) is 5.75 Å². The van der Waals surface area contributed by atoms with Crippen molar-refractivity contribution in [2.75, 3.05) is 19.7 Å². The van der Waals surface area contributed by atoms with Crippen LogP contribution in [0.25, 0.3) is 10.2 Å². The first kappa shape index (κ1) is 22.5. The quantitative estimate of drug-likeness (QED) is 0.511. The first-order valence-corrected chi connectivity index (χ1v) is 11.2. The first-order chi connectivity index (χ1) is 14.3. The van der Waals surface area contributed by atoms with Gasteiger partial charge in [0.05, 0.1) is 11.9 Å². The third-order valence-electron chi connectivity index (χ3n) is 5.14. The number of rotatable bonds is 10. The van der Waals surface area contributed by atoms with Crippen LogP contribution >= 0.6 is 11.3 Å². The van der Waals surface area contributed by atoms with E-state index in [0.29, 0.717) is 30.2 Å². The number of aryl methyl sites for hydroxylation is 2. The molecule has 2 aromatic heterocycles. The molecule has 6 nitrogen and oxygen atoms in total. The summed E-state index contributed by atoms with van der Waals surface area (Å²) in [5.41, 5.74) is 0.911. The Labute approximate surface area is 181 Å². The predicted molar refractivity (Wildman–Crippen MR) is 122 cm³/mol. The highest BCUT2D eigenvalue weighted by molar-refractivity contribution is 7.18. The van der Waals surface area contributed by atoms with Crippen molar-refractivity contribution < 1.29 is 9.84 Å². The Bertz CT molecular complexity index is 1010. The van der Waals surface area contributed by atoms with E-state index in [9.17, 15) is 9.90 Å². The van der Waals surface area contributed by atoms with E-state index in [1.807, 2.05) is 44.2 Å². The molecule has 1 atom stereocenters. The SMILES string of the molecule is Cc1sc2nc(CN(CCC(C)C)CC(O)COc3ccccc3)[nH]c(=O)c2c1C. The normalized spacial score (nSPS) is 12.8. The number of benzene rings is 1. The van der Waals surface area contributed by atoms with Crippen LogP contribution < -0.4 is 10.3 Å². The number of aromatic nitrogens is 2. The summed E-state index contributed by atoms with van der Waals surface area (Å²) in [6, 6.07) is 9.49. The number of thiophene rings is 1. The van der Waals surface area contributed by atoms with Gasteiger partial charge in [0.25, 0.3) is 5.56 Å². The molecule has 162 valence electrons. The lowest BCUT2D eigenvalue weighted by molar-refractivity contribution is 0.0631. The van der Waals surface area contributed by atoms with Crippen LogP contribution in [0.3, 0.4) is 0 Å². The standard InChI is InChI=1S/C23H31N3O3S/c1-15(2)10-11-26(12-18(27)14-29-19-8-6-5-7-9-19)13-20-24-22(28)21-16(3)17(4)30-23(21)25-20/h5-9,15,18,27H,10-14H2,1-4H3,(H,24,25,28). The second-order valence-electron chi connectivity index (χ2n) is 8.17. The number of nitrogens with one attached hydrogen (secondary N) is 1. The highest BCUT2D eigenvalue weighted by Gasteiger charge is 2.17. The number of aliphatic hydroxyl groups is 1. The van der Waals surface area contributed by atoms with Gasteiger partial charge in [0.1, 0.15) is 29.1 Å². The molecule has 3 aromatic rings. The van der Waals surface area contributed by atoms with E-state index in [4.69, 9.17) is 9.72 Å². The highest BCUT2D eigenvalue weighted by atomic mass is 32.1. The fraction of sp³-hybridized carbons (Fsp3) is 0.478. The van der Waals surface area contributed by atoms with E-state index in [2.05, 4.69) is 23.7 Å². The maximum atomic E-state index is 12.6. The second-order valence-corrected chi connectivity index (χ2v) is 9.37. The van der Waals surface area contributed by atoms with Crippen LogP contribution in [-0.2, 0) is 6.54 Å². The molecule has 1 unspecified atom stereocenters. The number of hydrogen-bond donors (Lipinski definition) is 2. The fourth-order valence-electron chi connectivity index (χ4n) is 3.32. The maximum Gasteiger partial charge on any atom is 0.259 e. The van der Waals surface area contributed by atoms with Gasteiger partial charge in [-0.1, -0.05) is 32.0 Å². The van der Waals surface area contributed by atoms with E-state index in [1.165, 1.54) is 0 Å². The van der Waals surface area contributed by atoms with Crippen LogP contribution in [0, 0.1) is 19.8 Å². The Morgan fingerprint density at radius 1 is 1.23 bits per heavy atom. The van der Waals surface area contributed by atoms with Crippen molar-refractivity contribution in [2.24, 2.45) is 5.92 Å². The molecule has 3 rings (SSSR count). The fourth-order valence-corrected chi connectivity index (χ4v) is 4.37. The zero-order valence-corrected chi connectivity index (χ0v) is 19.0. The van der Waals surface area contributed by atoms with Crippen LogP contribution in [0.4, 0.5) is 0 Å². The monoisotopic (exact) mass is 429 g/mol. The van der Waals surface area contributed by atoms with Crippen molar-refractivity contribution in [1.29, 1.82) is 0 Å². The predicted octanol–water partition coefficient (Wildman–Crippen LogP) is 3.89. The Kier molecular flexibility index (Phi) is 7.64. The summed E-state index contributed by atoms with van der Waals surface area (Å²) in [5, 5.41) is 11.2. The van der Waals surface area contributed by atoms with Crippen LogP contribution in [0.1, 0.15) is 36.5 Å². The van der Waals surface area contributed by atoms with Crippen molar-refractivity contribution in [2.45, 2.75) is 46.8 Å². The molecule has 0 radical (unpaired) electrons. The number of H-pyrrole nitrogens is 1. The Morgan fingerprint density at radius 2 is 1.97 bits per heavy atom. The average molecular weight is 430 g/mol. The number of para-hydroxylation sites is 1. The van der Waals surface area contributed by atoms with Crippen LogP contribution in [0.5, 0.6) is 5.75 Å². The molecule has 1 aromatic carbocycles. The molecule has 0 saturated carbocycles. The van der Waals surface area contributed by atoms with Gasteiger partial charge in [0.15, 0.2) is 0 Å². The van der Waals surface area contributed by atoms with Gasteiger partial charge in [-0.05, 0) is 50.4 Å². The van der Waals surface area contributed by atoms with Crippen molar-refractivity contribution in [3.05, 3.63) is 57.0 Å². The molecule has 0 aliphatic heterocycles. The summed E-state index contributed by atoms with van der Waals surface area (Å²) >= 11 is 1.55. The summed E-state index contributed by atoms with van der Waals surface area (Å²) in [5.74, 6) is 1.92. The summed E-state index contributed by atoms with van der Waals surface area (Å²) < 4.78 is 5.69. The minimum Gasteiger partial charge on any atom is -0.491 e. The molecule has 0 amide bonds. The molecule has 0 fully saturated rings. The van der Waals surface area contributed by atoms with Crippen molar-refractivity contribution in [1.82, 2.24) is 14.9 Å². The third kappa shape index (κ3) is 5.90. The van der Waals surface area contributed by atoms with E-state index in [0.717, 1.165) is 34.0 Å². The molecule has 2 heterocycles. The second kappa shape index (κ2) is 10.2.